The summed E-state index contributed by atoms with van der Waals surface area (Å²) in [5.74, 6) is -1.97. The highest BCUT2D eigenvalue weighted by molar-refractivity contribution is 7.91. The quantitative estimate of drug-likeness (QED) is 0.612. The van der Waals surface area contributed by atoms with Crippen LogP contribution in [0.3, 0.4) is 0 Å². The molecule has 0 fully saturated rings. The minimum Gasteiger partial charge on any atom is -0.480 e. The summed E-state index contributed by atoms with van der Waals surface area (Å²) in [6, 6.07) is -1.19. The van der Waals surface area contributed by atoms with Crippen LogP contribution in [0.15, 0.2) is 0 Å². The normalized spacial score (nSPS) is 13.1. The van der Waals surface area contributed by atoms with Crippen LogP contribution in [0.5, 0.6) is 0 Å². The van der Waals surface area contributed by atoms with Crippen molar-refractivity contribution < 1.29 is 23.1 Å². The Morgan fingerprint density at radius 1 is 1.41 bits per heavy atom. The molecule has 0 aromatic heterocycles. The third kappa shape index (κ3) is 7.17. The second-order valence-electron chi connectivity index (χ2n) is 3.42. The molecule has 0 spiro atoms. The van der Waals surface area contributed by atoms with Crippen molar-refractivity contribution in [2.45, 2.75) is 25.8 Å². The van der Waals surface area contributed by atoms with Gasteiger partial charge in [-0.1, -0.05) is 6.92 Å². The highest BCUT2D eigenvalue weighted by Gasteiger charge is 2.22. The summed E-state index contributed by atoms with van der Waals surface area (Å²) >= 11 is 5.33. The van der Waals surface area contributed by atoms with Crippen LogP contribution in [-0.2, 0) is 19.4 Å². The first kappa shape index (κ1) is 16.2. The summed E-state index contributed by atoms with van der Waals surface area (Å²) in [6.45, 7) is 1.48. The highest BCUT2D eigenvalue weighted by Crippen LogP contribution is 2.00. The van der Waals surface area contributed by atoms with Crippen molar-refractivity contribution in [1.82, 2.24) is 5.32 Å². The van der Waals surface area contributed by atoms with Gasteiger partial charge < -0.3 is 10.4 Å². The number of aliphatic carboxylic acids is 1. The molecule has 0 bridgehead atoms. The van der Waals surface area contributed by atoms with Gasteiger partial charge in [-0.15, -0.1) is 11.6 Å². The Labute approximate surface area is 105 Å². The van der Waals surface area contributed by atoms with E-state index in [0.717, 1.165) is 0 Å². The van der Waals surface area contributed by atoms with E-state index < -0.39 is 27.8 Å². The number of amides is 1. The molecule has 0 radical (unpaired) electrons. The SMILES string of the molecule is CCS(=O)(=O)CCC(NC(=O)CCCl)C(=O)O. The standard InChI is InChI=1S/C9H16ClNO5S/c1-2-17(15,16)6-4-7(9(13)14)11-8(12)3-5-10/h7H,2-6H2,1H3,(H,11,12)(H,13,14). The number of sulfone groups is 1. The van der Waals surface area contributed by atoms with Crippen LogP contribution in [-0.4, -0.2) is 48.8 Å². The molecule has 100 valence electrons. The fourth-order valence-electron chi connectivity index (χ4n) is 1.05. The molecular weight excluding hydrogens is 270 g/mol. The first-order chi connectivity index (χ1) is 7.82. The number of carbonyl (C=O) groups is 2. The molecule has 0 rings (SSSR count). The molecule has 6 nitrogen and oxygen atoms in total. The molecule has 2 N–H and O–H groups in total. The molecule has 8 heteroatoms. The number of alkyl halides is 1. The minimum atomic E-state index is -3.24. The number of carboxylic acids is 1. The third-order valence-corrected chi connectivity index (χ3v) is 4.04. The van der Waals surface area contributed by atoms with Crippen molar-refractivity contribution in [2.75, 3.05) is 17.4 Å². The molecule has 17 heavy (non-hydrogen) atoms. The first-order valence-corrected chi connectivity index (χ1v) is 7.46. The molecule has 0 aliphatic heterocycles. The van der Waals surface area contributed by atoms with Gasteiger partial charge in [-0.2, -0.15) is 0 Å². The maximum absolute atomic E-state index is 11.2. The smallest absolute Gasteiger partial charge is 0.326 e. The maximum atomic E-state index is 11.2. The van der Waals surface area contributed by atoms with Gasteiger partial charge in [0.05, 0.1) is 5.75 Å². The van der Waals surface area contributed by atoms with E-state index in [4.69, 9.17) is 16.7 Å². The van der Waals surface area contributed by atoms with E-state index >= 15 is 0 Å². The van der Waals surface area contributed by atoms with Crippen molar-refractivity contribution in [3.8, 4) is 0 Å². The molecule has 0 aliphatic carbocycles. The lowest BCUT2D eigenvalue weighted by Gasteiger charge is -2.13. The Hall–Kier alpha value is -0.820. The monoisotopic (exact) mass is 285 g/mol. The molecule has 0 saturated heterocycles. The van der Waals surface area contributed by atoms with E-state index in [2.05, 4.69) is 5.32 Å². The van der Waals surface area contributed by atoms with E-state index in [9.17, 15) is 18.0 Å². The Bertz CT molecular complexity index is 368. The van der Waals surface area contributed by atoms with E-state index in [1.807, 2.05) is 0 Å². The minimum absolute atomic E-state index is 0.00582. The maximum Gasteiger partial charge on any atom is 0.326 e. The molecule has 0 aliphatic rings. The van der Waals surface area contributed by atoms with Crippen molar-refractivity contribution in [3.05, 3.63) is 0 Å². The van der Waals surface area contributed by atoms with Gasteiger partial charge in [0.25, 0.3) is 0 Å². The van der Waals surface area contributed by atoms with Gasteiger partial charge in [0.2, 0.25) is 5.91 Å². The summed E-state index contributed by atoms with van der Waals surface area (Å²) in [5.41, 5.74) is 0. The van der Waals surface area contributed by atoms with Gasteiger partial charge in [-0.25, -0.2) is 13.2 Å². The van der Waals surface area contributed by atoms with Crippen molar-refractivity contribution >= 4 is 33.3 Å². The van der Waals surface area contributed by atoms with Gasteiger partial charge in [-0.3, -0.25) is 4.79 Å². The second kappa shape index (κ2) is 7.50. The van der Waals surface area contributed by atoms with Crippen LogP contribution in [0.2, 0.25) is 0 Å². The largest absolute Gasteiger partial charge is 0.480 e. The molecular formula is C9H16ClNO5S. The zero-order valence-corrected chi connectivity index (χ0v) is 11.1. The van der Waals surface area contributed by atoms with Gasteiger partial charge in [-0.05, 0) is 6.42 Å². The molecule has 1 unspecified atom stereocenters. The summed E-state index contributed by atoms with van der Waals surface area (Å²) in [7, 11) is -3.24. The van der Waals surface area contributed by atoms with Crippen molar-refractivity contribution in [3.63, 3.8) is 0 Å². The van der Waals surface area contributed by atoms with E-state index in [0.29, 0.717) is 0 Å². The van der Waals surface area contributed by atoms with Crippen LogP contribution in [0.25, 0.3) is 0 Å². The lowest BCUT2D eigenvalue weighted by Crippen LogP contribution is -2.42. The molecule has 1 amide bonds. The zero-order chi connectivity index (χ0) is 13.5. The molecule has 0 aromatic rings. The lowest BCUT2D eigenvalue weighted by molar-refractivity contribution is -0.141. The summed E-state index contributed by atoms with van der Waals surface area (Å²) in [4.78, 5) is 21.9. The van der Waals surface area contributed by atoms with E-state index in [-0.39, 0.29) is 30.2 Å². The lowest BCUT2D eigenvalue weighted by atomic mass is 10.2. The summed E-state index contributed by atoms with van der Waals surface area (Å²) < 4.78 is 22.4. The molecule has 0 saturated carbocycles. The second-order valence-corrected chi connectivity index (χ2v) is 6.27. The van der Waals surface area contributed by atoms with E-state index in [1.54, 1.807) is 0 Å². The number of hydrogen-bond donors (Lipinski definition) is 2. The number of halogens is 1. The summed E-state index contributed by atoms with van der Waals surface area (Å²) in [5, 5.41) is 11.0. The summed E-state index contributed by atoms with van der Waals surface area (Å²) in [6.07, 6.45) is -0.134. The predicted molar refractivity (Wildman–Crippen MR) is 63.8 cm³/mol. The predicted octanol–water partition coefficient (Wildman–Crippen LogP) is 0.00950. The van der Waals surface area contributed by atoms with Gasteiger partial charge >= 0.3 is 5.97 Å². The van der Waals surface area contributed by atoms with Crippen LogP contribution in [0.1, 0.15) is 19.8 Å². The highest BCUT2D eigenvalue weighted by atomic mass is 35.5. The number of carbonyl (C=O) groups excluding carboxylic acids is 1. The molecule has 1 atom stereocenters. The van der Waals surface area contributed by atoms with Gasteiger partial charge in [0.1, 0.15) is 15.9 Å². The van der Waals surface area contributed by atoms with Crippen molar-refractivity contribution in [1.29, 1.82) is 0 Å². The Morgan fingerprint density at radius 2 is 2.00 bits per heavy atom. The van der Waals surface area contributed by atoms with Crippen molar-refractivity contribution in [2.24, 2.45) is 0 Å². The topological polar surface area (TPSA) is 101 Å². The zero-order valence-electron chi connectivity index (χ0n) is 9.48. The number of carboxylic acid groups (broad SMARTS) is 1. The fraction of sp³-hybridized carbons (Fsp3) is 0.778. The molecule has 0 aromatic carbocycles. The van der Waals surface area contributed by atoms with Gasteiger partial charge in [0, 0.05) is 18.1 Å². The van der Waals surface area contributed by atoms with Crippen LogP contribution >= 0.6 is 11.6 Å². The third-order valence-electron chi connectivity index (χ3n) is 2.11. The fourth-order valence-corrected chi connectivity index (χ4v) is 2.11. The van der Waals surface area contributed by atoms with Crippen LogP contribution in [0, 0.1) is 0 Å². The average molecular weight is 286 g/mol. The number of hydrogen-bond acceptors (Lipinski definition) is 4. The Balaban J connectivity index is 4.36. The van der Waals surface area contributed by atoms with Crippen LogP contribution < -0.4 is 5.32 Å². The van der Waals surface area contributed by atoms with Gasteiger partial charge in [0.15, 0.2) is 0 Å². The number of rotatable bonds is 8. The Kier molecular flexibility index (Phi) is 7.13. The first-order valence-electron chi connectivity index (χ1n) is 5.11. The Morgan fingerprint density at radius 3 is 2.41 bits per heavy atom. The van der Waals surface area contributed by atoms with Crippen LogP contribution in [0.4, 0.5) is 0 Å². The number of nitrogens with one attached hydrogen (secondary N) is 1. The van der Waals surface area contributed by atoms with E-state index in [1.165, 1.54) is 6.92 Å². The molecule has 0 heterocycles. The average Bonchev–Trinajstić information content (AvgIpc) is 2.24.